The largest absolute Gasteiger partial charge is 0.389 e. The van der Waals surface area contributed by atoms with Gasteiger partial charge in [-0.3, -0.25) is 0 Å². The summed E-state index contributed by atoms with van der Waals surface area (Å²) in [6.07, 6.45) is 2.96. The van der Waals surface area contributed by atoms with Gasteiger partial charge in [0.2, 0.25) is 0 Å². The van der Waals surface area contributed by atoms with Gasteiger partial charge in [0, 0.05) is 22.3 Å². The summed E-state index contributed by atoms with van der Waals surface area (Å²) in [5, 5.41) is 13.5. The topological polar surface area (TPSA) is 32.3 Å². The van der Waals surface area contributed by atoms with Crippen LogP contribution in [-0.2, 0) is 6.42 Å². The zero-order valence-electron chi connectivity index (χ0n) is 11.4. The molecule has 1 aromatic rings. The molecule has 1 heterocycles. The Morgan fingerprint density at radius 1 is 1.41 bits per heavy atom. The van der Waals surface area contributed by atoms with Gasteiger partial charge in [-0.15, -0.1) is 11.3 Å². The molecule has 2 unspecified atom stereocenters. The van der Waals surface area contributed by atoms with Gasteiger partial charge in [0.15, 0.2) is 0 Å². The first kappa shape index (κ1) is 14.7. The Morgan fingerprint density at radius 3 is 2.65 bits per heavy atom. The Labute approximate surface area is 109 Å². The van der Waals surface area contributed by atoms with Crippen molar-refractivity contribution in [1.29, 1.82) is 0 Å². The lowest BCUT2D eigenvalue weighted by Gasteiger charge is -2.25. The van der Waals surface area contributed by atoms with E-state index in [1.54, 1.807) is 0 Å². The molecule has 0 radical (unpaired) electrons. The van der Waals surface area contributed by atoms with Crippen LogP contribution in [0.2, 0.25) is 0 Å². The molecule has 1 rings (SSSR count). The van der Waals surface area contributed by atoms with Gasteiger partial charge in [0.25, 0.3) is 0 Å². The fourth-order valence-corrected chi connectivity index (χ4v) is 2.90. The molecule has 3 heteroatoms. The quantitative estimate of drug-likeness (QED) is 0.781. The van der Waals surface area contributed by atoms with E-state index in [0.29, 0.717) is 12.6 Å². The van der Waals surface area contributed by atoms with E-state index < -0.39 is 5.60 Å². The van der Waals surface area contributed by atoms with Gasteiger partial charge in [-0.1, -0.05) is 20.3 Å². The average Bonchev–Trinajstić information content (AvgIpc) is 2.74. The first-order chi connectivity index (χ1) is 7.98. The van der Waals surface area contributed by atoms with Gasteiger partial charge in [-0.2, -0.15) is 0 Å². The van der Waals surface area contributed by atoms with Crippen LogP contribution in [-0.4, -0.2) is 17.3 Å². The Kier molecular flexibility index (Phi) is 5.63. The number of aryl methyl sites for hydroxylation is 1. The van der Waals surface area contributed by atoms with E-state index in [1.165, 1.54) is 9.75 Å². The number of hydrogen-bond donors (Lipinski definition) is 2. The van der Waals surface area contributed by atoms with Crippen molar-refractivity contribution >= 4 is 11.3 Å². The van der Waals surface area contributed by atoms with E-state index in [0.717, 1.165) is 19.3 Å². The zero-order chi connectivity index (χ0) is 12.9. The third-order valence-electron chi connectivity index (χ3n) is 3.04. The summed E-state index contributed by atoms with van der Waals surface area (Å²) in [6.45, 7) is 9.00. The molecule has 17 heavy (non-hydrogen) atoms. The molecule has 0 aromatic carbocycles. The Morgan fingerprint density at radius 2 is 2.12 bits per heavy atom. The molecule has 1 aromatic heterocycles. The minimum Gasteiger partial charge on any atom is -0.389 e. The normalized spacial score (nSPS) is 16.8. The summed E-state index contributed by atoms with van der Waals surface area (Å²) >= 11 is 1.86. The molecule has 2 nitrogen and oxygen atoms in total. The molecule has 2 atom stereocenters. The molecule has 2 N–H and O–H groups in total. The highest BCUT2D eigenvalue weighted by Gasteiger charge is 2.20. The number of rotatable bonds is 7. The zero-order valence-corrected chi connectivity index (χ0v) is 12.2. The predicted octanol–water partition coefficient (Wildman–Crippen LogP) is 3.51. The summed E-state index contributed by atoms with van der Waals surface area (Å²) in [4.78, 5) is 2.78. The molecule has 98 valence electrons. The molecule has 0 saturated heterocycles. The Bertz CT molecular complexity index is 333. The Balaban J connectivity index is 2.46. The van der Waals surface area contributed by atoms with Crippen molar-refractivity contribution in [2.45, 2.75) is 58.6 Å². The monoisotopic (exact) mass is 255 g/mol. The first-order valence-corrected chi connectivity index (χ1v) is 7.34. The van der Waals surface area contributed by atoms with Gasteiger partial charge >= 0.3 is 0 Å². The maximum absolute atomic E-state index is 10.1. The fourth-order valence-electron chi connectivity index (χ4n) is 1.92. The summed E-state index contributed by atoms with van der Waals surface area (Å²) in [6, 6.07) is 4.71. The fraction of sp³-hybridized carbons (Fsp3) is 0.714. The van der Waals surface area contributed by atoms with E-state index in [-0.39, 0.29) is 0 Å². The molecule has 0 aliphatic rings. The maximum atomic E-state index is 10.1. The van der Waals surface area contributed by atoms with Crippen LogP contribution in [0.25, 0.3) is 0 Å². The van der Waals surface area contributed by atoms with Crippen LogP contribution in [0.4, 0.5) is 0 Å². The maximum Gasteiger partial charge on any atom is 0.0743 e. The SMILES string of the molecule is CCCC(C)(O)CNC(C)c1ccc(CC)s1. The lowest BCUT2D eigenvalue weighted by molar-refractivity contribution is 0.0478. The highest BCUT2D eigenvalue weighted by atomic mass is 32.1. The van der Waals surface area contributed by atoms with Crippen molar-refractivity contribution in [3.8, 4) is 0 Å². The van der Waals surface area contributed by atoms with Gasteiger partial charge in [-0.05, 0) is 38.8 Å². The van der Waals surface area contributed by atoms with E-state index in [2.05, 4.69) is 38.2 Å². The third-order valence-corrected chi connectivity index (χ3v) is 4.45. The molecule has 0 aliphatic heterocycles. The lowest BCUT2D eigenvalue weighted by atomic mass is 10.0. The van der Waals surface area contributed by atoms with Crippen LogP contribution in [0, 0.1) is 0 Å². The van der Waals surface area contributed by atoms with Crippen LogP contribution < -0.4 is 5.32 Å². The molecule has 0 spiro atoms. The second-order valence-corrected chi connectivity index (χ2v) is 6.21. The number of nitrogens with one attached hydrogen (secondary N) is 1. The molecular weight excluding hydrogens is 230 g/mol. The molecule has 0 aliphatic carbocycles. The highest BCUT2D eigenvalue weighted by Crippen LogP contribution is 2.24. The standard InChI is InChI=1S/C14H25NOS/c1-5-9-14(4,16)10-15-11(3)13-8-7-12(6-2)17-13/h7-8,11,15-16H,5-6,9-10H2,1-4H3. The van der Waals surface area contributed by atoms with Crippen molar-refractivity contribution in [1.82, 2.24) is 5.32 Å². The highest BCUT2D eigenvalue weighted by molar-refractivity contribution is 7.12. The second-order valence-electron chi connectivity index (χ2n) is 5.01. The molecule has 0 fully saturated rings. The smallest absolute Gasteiger partial charge is 0.0743 e. The van der Waals surface area contributed by atoms with Crippen molar-refractivity contribution in [2.75, 3.05) is 6.54 Å². The van der Waals surface area contributed by atoms with Crippen LogP contribution in [0.3, 0.4) is 0 Å². The minimum absolute atomic E-state index is 0.323. The number of aliphatic hydroxyl groups is 1. The summed E-state index contributed by atoms with van der Waals surface area (Å²) in [5.74, 6) is 0. The van der Waals surface area contributed by atoms with Crippen molar-refractivity contribution in [3.05, 3.63) is 21.9 Å². The molecule has 0 bridgehead atoms. The molecule has 0 amide bonds. The van der Waals surface area contributed by atoms with Crippen molar-refractivity contribution in [2.24, 2.45) is 0 Å². The van der Waals surface area contributed by atoms with Crippen LogP contribution in [0.15, 0.2) is 12.1 Å². The number of hydrogen-bond acceptors (Lipinski definition) is 3. The molecular formula is C14H25NOS. The van der Waals surface area contributed by atoms with Gasteiger partial charge in [-0.25, -0.2) is 0 Å². The third kappa shape index (κ3) is 4.78. The van der Waals surface area contributed by atoms with E-state index in [9.17, 15) is 5.11 Å². The van der Waals surface area contributed by atoms with Gasteiger partial charge < -0.3 is 10.4 Å². The first-order valence-electron chi connectivity index (χ1n) is 6.53. The van der Waals surface area contributed by atoms with E-state index in [4.69, 9.17) is 0 Å². The van der Waals surface area contributed by atoms with E-state index in [1.807, 2.05) is 18.3 Å². The van der Waals surface area contributed by atoms with Crippen LogP contribution in [0.5, 0.6) is 0 Å². The molecule has 0 saturated carbocycles. The lowest BCUT2D eigenvalue weighted by Crippen LogP contribution is -2.38. The van der Waals surface area contributed by atoms with Crippen LogP contribution in [0.1, 0.15) is 56.3 Å². The van der Waals surface area contributed by atoms with Gasteiger partial charge in [0.05, 0.1) is 5.60 Å². The van der Waals surface area contributed by atoms with Crippen molar-refractivity contribution < 1.29 is 5.11 Å². The van der Waals surface area contributed by atoms with Gasteiger partial charge in [0.1, 0.15) is 0 Å². The van der Waals surface area contributed by atoms with Crippen molar-refractivity contribution in [3.63, 3.8) is 0 Å². The van der Waals surface area contributed by atoms with Crippen LogP contribution >= 0.6 is 11.3 Å². The minimum atomic E-state index is -0.589. The second kappa shape index (κ2) is 6.53. The van der Waals surface area contributed by atoms with E-state index >= 15 is 0 Å². The predicted molar refractivity (Wildman–Crippen MR) is 75.6 cm³/mol. The summed E-state index contributed by atoms with van der Waals surface area (Å²) < 4.78 is 0. The number of thiophene rings is 1. The Hall–Kier alpha value is -0.380. The summed E-state index contributed by atoms with van der Waals surface area (Å²) in [5.41, 5.74) is -0.589. The summed E-state index contributed by atoms with van der Waals surface area (Å²) in [7, 11) is 0. The average molecular weight is 255 g/mol.